The lowest BCUT2D eigenvalue weighted by atomic mass is 9.70. The molecule has 6 rings (SSSR count). The molecule has 262 valence electrons. The van der Waals surface area contributed by atoms with Crippen molar-refractivity contribution < 1.29 is 33.8 Å². The van der Waals surface area contributed by atoms with Crippen molar-refractivity contribution >= 4 is 56.1 Å². The summed E-state index contributed by atoms with van der Waals surface area (Å²) in [7, 11) is 0. The summed E-state index contributed by atoms with van der Waals surface area (Å²) in [5.41, 5.74) is -0.135. The van der Waals surface area contributed by atoms with Crippen LogP contribution in [0.25, 0.3) is 10.8 Å². The Kier molecular flexibility index (Phi) is 10.6. The Morgan fingerprint density at radius 3 is 2.52 bits per heavy atom. The number of rotatable bonds is 14. The molecule has 11 heteroatoms. The van der Waals surface area contributed by atoms with Gasteiger partial charge in [0.2, 0.25) is 11.8 Å². The standard InChI is InChI=1S/C39H42BrN3O7/c1-4-6-16-31(45)41-22-24(3)49-38(48)32-33-36(46)43(30(23-44)26-13-8-7-9-14-26)35(39(33)21-29(40)34(32)50-39)37(47)42(19-5-2)28-18-17-25-12-10-11-15-27(25)20-28/h4-5,7-15,17-18,20,24,29-30,32-35,44H,1-2,6,16,19,21-23H2,3H3,(H,41,45)/t24-,29?,30-,32-,33+,34-,35-,39+/m1/s1. The zero-order chi connectivity index (χ0) is 35.6. The summed E-state index contributed by atoms with van der Waals surface area (Å²) in [6.45, 7) is 9.00. The van der Waals surface area contributed by atoms with E-state index < -0.39 is 66.1 Å². The van der Waals surface area contributed by atoms with Crippen LogP contribution in [-0.2, 0) is 28.7 Å². The number of nitrogens with one attached hydrogen (secondary N) is 1. The van der Waals surface area contributed by atoms with Gasteiger partial charge >= 0.3 is 5.97 Å². The van der Waals surface area contributed by atoms with Gasteiger partial charge in [-0.25, -0.2) is 0 Å². The molecule has 3 heterocycles. The van der Waals surface area contributed by atoms with Gasteiger partial charge in [0.05, 0.1) is 37.1 Å². The minimum absolute atomic E-state index is 0.0948. The number of allylic oxidation sites excluding steroid dienone is 1. The SMILES string of the molecule is C=CCCC(=O)NC[C@@H](C)OC(=O)[C@H]1[C@@H]2O[C@@]3(CC2Br)[C@@H]1C(=O)N([C@H](CO)c1ccccc1)[C@@H]3C(=O)N(CC=C)c1ccc2ccccc2c1. The quantitative estimate of drug-likeness (QED) is 0.137. The number of nitrogens with zero attached hydrogens (tertiary/aromatic N) is 2. The van der Waals surface area contributed by atoms with Crippen LogP contribution in [0.3, 0.4) is 0 Å². The van der Waals surface area contributed by atoms with Crippen molar-refractivity contribution in [1.82, 2.24) is 10.2 Å². The van der Waals surface area contributed by atoms with Crippen molar-refractivity contribution in [1.29, 1.82) is 0 Å². The van der Waals surface area contributed by atoms with Gasteiger partial charge in [0, 0.05) is 23.5 Å². The largest absolute Gasteiger partial charge is 0.460 e. The van der Waals surface area contributed by atoms with E-state index in [1.807, 2.05) is 60.7 Å². The van der Waals surface area contributed by atoms with E-state index in [0.29, 0.717) is 17.7 Å². The average molecular weight is 745 g/mol. The Morgan fingerprint density at radius 1 is 1.10 bits per heavy atom. The molecular formula is C39H42BrN3O7. The maximum atomic E-state index is 15.1. The van der Waals surface area contributed by atoms with E-state index in [4.69, 9.17) is 9.47 Å². The number of amides is 3. The molecule has 0 saturated carbocycles. The van der Waals surface area contributed by atoms with Crippen molar-refractivity contribution in [3.63, 3.8) is 0 Å². The number of ether oxygens (including phenoxy) is 2. The number of hydrogen-bond acceptors (Lipinski definition) is 7. The third kappa shape index (κ3) is 6.38. The number of alkyl halides is 1. The third-order valence-electron chi connectivity index (χ3n) is 10.0. The van der Waals surface area contributed by atoms with Crippen LogP contribution in [0.5, 0.6) is 0 Å². The Bertz CT molecular complexity index is 1790. The first kappa shape index (κ1) is 35.5. The first-order valence-corrected chi connectivity index (χ1v) is 17.9. The molecule has 50 heavy (non-hydrogen) atoms. The fourth-order valence-electron chi connectivity index (χ4n) is 7.82. The zero-order valence-corrected chi connectivity index (χ0v) is 29.5. The van der Waals surface area contributed by atoms with E-state index >= 15 is 4.79 Å². The predicted molar refractivity (Wildman–Crippen MR) is 193 cm³/mol. The smallest absolute Gasteiger partial charge is 0.312 e. The Balaban J connectivity index is 1.38. The van der Waals surface area contributed by atoms with Crippen molar-refractivity contribution in [2.45, 2.75) is 60.9 Å². The van der Waals surface area contributed by atoms with Gasteiger partial charge in [0.25, 0.3) is 5.91 Å². The second-order valence-corrected chi connectivity index (χ2v) is 14.3. The molecule has 3 aromatic carbocycles. The highest BCUT2D eigenvalue weighted by Crippen LogP contribution is 2.61. The predicted octanol–water partition coefficient (Wildman–Crippen LogP) is 4.85. The van der Waals surface area contributed by atoms with E-state index in [-0.39, 0.29) is 36.7 Å². The Morgan fingerprint density at radius 2 is 1.82 bits per heavy atom. The van der Waals surface area contributed by atoms with Crippen LogP contribution in [0.4, 0.5) is 5.69 Å². The fourth-order valence-corrected chi connectivity index (χ4v) is 8.77. The molecule has 3 saturated heterocycles. The van der Waals surface area contributed by atoms with Gasteiger partial charge in [-0.15, -0.1) is 13.2 Å². The van der Waals surface area contributed by atoms with E-state index in [1.165, 1.54) is 4.90 Å². The number of hydrogen-bond donors (Lipinski definition) is 2. The molecule has 0 aliphatic carbocycles. The van der Waals surface area contributed by atoms with E-state index in [2.05, 4.69) is 34.4 Å². The number of likely N-dealkylation sites (tertiary alicyclic amines) is 1. The molecule has 10 nitrogen and oxygen atoms in total. The molecule has 0 aromatic heterocycles. The van der Waals surface area contributed by atoms with Crippen molar-refractivity contribution in [3.8, 4) is 0 Å². The van der Waals surface area contributed by atoms with E-state index in [1.54, 1.807) is 36.1 Å². The lowest BCUT2D eigenvalue weighted by Crippen LogP contribution is -2.57. The Hall–Kier alpha value is -4.32. The van der Waals surface area contributed by atoms with Crippen molar-refractivity contribution in [2.75, 3.05) is 24.6 Å². The van der Waals surface area contributed by atoms with Gasteiger partial charge in [0.1, 0.15) is 17.7 Å². The van der Waals surface area contributed by atoms with Gasteiger partial charge in [-0.05, 0) is 48.2 Å². The van der Waals surface area contributed by atoms with E-state index in [0.717, 1.165) is 10.8 Å². The zero-order valence-electron chi connectivity index (χ0n) is 28.0. The molecule has 3 aliphatic rings. The van der Waals surface area contributed by atoms with Crippen LogP contribution in [0.2, 0.25) is 0 Å². The van der Waals surface area contributed by atoms with Gasteiger partial charge < -0.3 is 29.7 Å². The van der Waals surface area contributed by atoms with Gasteiger partial charge in [-0.2, -0.15) is 0 Å². The normalized spacial score (nSPS) is 26.3. The highest BCUT2D eigenvalue weighted by atomic mass is 79.9. The number of anilines is 1. The molecule has 3 aliphatic heterocycles. The number of halogens is 1. The molecule has 3 fully saturated rings. The summed E-state index contributed by atoms with van der Waals surface area (Å²) in [4.78, 5) is 58.8. The van der Waals surface area contributed by atoms with Gasteiger partial charge in [-0.1, -0.05) is 88.7 Å². The van der Waals surface area contributed by atoms with Crippen LogP contribution in [-0.4, -0.2) is 82.1 Å². The van der Waals surface area contributed by atoms with Crippen LogP contribution in [0.15, 0.2) is 98.1 Å². The number of esters is 1. The first-order chi connectivity index (χ1) is 24.1. The molecule has 2 N–H and O–H groups in total. The second-order valence-electron chi connectivity index (χ2n) is 13.2. The summed E-state index contributed by atoms with van der Waals surface area (Å²) >= 11 is 3.71. The summed E-state index contributed by atoms with van der Waals surface area (Å²) < 4.78 is 12.5. The van der Waals surface area contributed by atoms with Crippen LogP contribution < -0.4 is 10.2 Å². The molecule has 2 bridgehead atoms. The number of carbonyl (C=O) groups excluding carboxylic acids is 4. The molecule has 3 amide bonds. The molecule has 8 atom stereocenters. The van der Waals surface area contributed by atoms with Crippen LogP contribution >= 0.6 is 15.9 Å². The number of carbonyl (C=O) groups is 4. The maximum Gasteiger partial charge on any atom is 0.312 e. The second kappa shape index (κ2) is 14.9. The molecule has 3 aromatic rings. The van der Waals surface area contributed by atoms with Gasteiger partial charge in [-0.3, -0.25) is 19.2 Å². The highest BCUT2D eigenvalue weighted by Gasteiger charge is 2.77. The summed E-state index contributed by atoms with van der Waals surface area (Å²) in [6.07, 6.45) is 2.94. The summed E-state index contributed by atoms with van der Waals surface area (Å²) in [5.74, 6) is -3.77. The number of fused-ring (bicyclic) bond motifs is 2. The summed E-state index contributed by atoms with van der Waals surface area (Å²) in [5, 5.41) is 15.6. The minimum atomic E-state index is -1.39. The summed E-state index contributed by atoms with van der Waals surface area (Å²) in [6, 6.07) is 20.5. The average Bonchev–Trinajstić information content (AvgIpc) is 3.72. The molecular weight excluding hydrogens is 702 g/mol. The monoisotopic (exact) mass is 743 g/mol. The Labute approximate surface area is 300 Å². The third-order valence-corrected chi connectivity index (χ3v) is 10.9. The lowest BCUT2D eigenvalue weighted by molar-refractivity contribution is -0.159. The number of aliphatic hydroxyl groups is 1. The molecule has 0 radical (unpaired) electrons. The van der Waals surface area contributed by atoms with E-state index in [9.17, 15) is 19.5 Å². The fraction of sp³-hybridized carbons (Fsp3) is 0.385. The van der Waals surface area contributed by atoms with Crippen LogP contribution in [0, 0.1) is 11.8 Å². The van der Waals surface area contributed by atoms with Crippen molar-refractivity contribution in [3.05, 3.63) is 104 Å². The maximum absolute atomic E-state index is 15.1. The van der Waals surface area contributed by atoms with Crippen LogP contribution in [0.1, 0.15) is 37.8 Å². The highest BCUT2D eigenvalue weighted by molar-refractivity contribution is 9.09. The van der Waals surface area contributed by atoms with Gasteiger partial charge in [0.15, 0.2) is 0 Å². The number of aliphatic hydroxyl groups excluding tert-OH is 1. The first-order valence-electron chi connectivity index (χ1n) is 16.9. The van der Waals surface area contributed by atoms with Crippen molar-refractivity contribution in [2.24, 2.45) is 11.8 Å². The lowest BCUT2D eigenvalue weighted by Gasteiger charge is -2.39. The topological polar surface area (TPSA) is 125 Å². The minimum Gasteiger partial charge on any atom is -0.460 e. The molecule has 1 spiro atoms. The number of benzene rings is 3. The molecule has 1 unspecified atom stereocenters.